The number of quaternary nitrogens is 1. The third-order valence-electron chi connectivity index (χ3n) is 2.90. The average molecular weight is 301 g/mol. The minimum absolute atomic E-state index is 0. The van der Waals surface area contributed by atoms with Gasteiger partial charge in [0.1, 0.15) is 12.6 Å². The van der Waals surface area contributed by atoms with Gasteiger partial charge in [-0.3, -0.25) is 0 Å². The van der Waals surface area contributed by atoms with E-state index in [-0.39, 0.29) is 24.5 Å². The van der Waals surface area contributed by atoms with Crippen LogP contribution in [0.15, 0.2) is 24.3 Å². The van der Waals surface area contributed by atoms with E-state index in [1.165, 1.54) is 6.42 Å². The third-order valence-corrected chi connectivity index (χ3v) is 2.90. The van der Waals surface area contributed by atoms with Crippen molar-refractivity contribution in [2.75, 3.05) is 18.8 Å². The highest BCUT2D eigenvalue weighted by atomic mass is 35.5. The Bertz CT molecular complexity index is 393. The predicted molar refractivity (Wildman–Crippen MR) is 76.8 cm³/mol. The molecule has 4 N–H and O–H groups in total. The molecule has 0 aliphatic heterocycles. The molecule has 0 aliphatic rings. The van der Waals surface area contributed by atoms with Crippen molar-refractivity contribution in [1.82, 2.24) is 0 Å². The molecular formula is C15H25ClN2O2. The van der Waals surface area contributed by atoms with Gasteiger partial charge in [-0.05, 0) is 43.5 Å². The summed E-state index contributed by atoms with van der Waals surface area (Å²) in [5.74, 6) is 0.425. The molecule has 0 heterocycles. The van der Waals surface area contributed by atoms with E-state index in [2.05, 4.69) is 19.2 Å². The number of nitrogens with two attached hydrogens (primary N) is 2. The van der Waals surface area contributed by atoms with E-state index < -0.39 is 0 Å². The second-order valence-corrected chi connectivity index (χ2v) is 5.33. The Hall–Kier alpha value is -1.26. The van der Waals surface area contributed by atoms with Gasteiger partial charge in [-0.2, -0.15) is 0 Å². The van der Waals surface area contributed by atoms with Crippen molar-refractivity contribution in [2.45, 2.75) is 33.3 Å². The maximum absolute atomic E-state index is 11.8. The first-order valence-corrected chi connectivity index (χ1v) is 6.87. The van der Waals surface area contributed by atoms with Gasteiger partial charge in [0.25, 0.3) is 0 Å². The molecule has 5 heteroatoms. The van der Waals surface area contributed by atoms with E-state index >= 15 is 0 Å². The SMILES string of the molecule is CC(C)CC[NH2+]CC(C)OC(=O)c1ccc(N)cc1.[Cl-]. The summed E-state index contributed by atoms with van der Waals surface area (Å²) in [5.41, 5.74) is 6.77. The van der Waals surface area contributed by atoms with Crippen LogP contribution in [0.5, 0.6) is 0 Å². The number of hydrogen-bond donors (Lipinski definition) is 2. The lowest BCUT2D eigenvalue weighted by Crippen LogP contribution is -3.00. The zero-order valence-electron chi connectivity index (χ0n) is 12.4. The topological polar surface area (TPSA) is 68.9 Å². The van der Waals surface area contributed by atoms with Crippen LogP contribution in [0.3, 0.4) is 0 Å². The summed E-state index contributed by atoms with van der Waals surface area (Å²) in [6, 6.07) is 6.78. The lowest BCUT2D eigenvalue weighted by molar-refractivity contribution is -0.661. The highest BCUT2D eigenvalue weighted by molar-refractivity contribution is 5.89. The molecule has 1 rings (SSSR count). The Morgan fingerprint density at radius 3 is 2.40 bits per heavy atom. The normalized spacial score (nSPS) is 11.8. The van der Waals surface area contributed by atoms with Crippen molar-refractivity contribution in [1.29, 1.82) is 0 Å². The van der Waals surface area contributed by atoms with Crippen LogP contribution in [0, 0.1) is 5.92 Å². The molecule has 1 atom stereocenters. The third kappa shape index (κ3) is 7.36. The van der Waals surface area contributed by atoms with Gasteiger partial charge in [-0.15, -0.1) is 0 Å². The summed E-state index contributed by atoms with van der Waals surface area (Å²) in [4.78, 5) is 11.8. The van der Waals surface area contributed by atoms with Crippen LogP contribution in [0.2, 0.25) is 0 Å². The maximum Gasteiger partial charge on any atom is 0.338 e. The largest absolute Gasteiger partial charge is 1.00 e. The summed E-state index contributed by atoms with van der Waals surface area (Å²) < 4.78 is 5.37. The monoisotopic (exact) mass is 300 g/mol. The van der Waals surface area contributed by atoms with Gasteiger partial charge in [0, 0.05) is 5.69 Å². The first-order valence-electron chi connectivity index (χ1n) is 6.87. The van der Waals surface area contributed by atoms with Crippen LogP contribution in [0.1, 0.15) is 37.6 Å². The lowest BCUT2D eigenvalue weighted by Gasteiger charge is -2.12. The van der Waals surface area contributed by atoms with Crippen molar-refractivity contribution in [3.8, 4) is 0 Å². The van der Waals surface area contributed by atoms with E-state index in [1.54, 1.807) is 24.3 Å². The fraction of sp³-hybridized carbons (Fsp3) is 0.533. The minimum atomic E-state index is -0.287. The lowest BCUT2D eigenvalue weighted by atomic mass is 10.1. The van der Waals surface area contributed by atoms with E-state index in [0.29, 0.717) is 17.2 Å². The number of hydrogen-bond acceptors (Lipinski definition) is 3. The van der Waals surface area contributed by atoms with Crippen LogP contribution >= 0.6 is 0 Å². The Labute approximate surface area is 127 Å². The fourth-order valence-corrected chi connectivity index (χ4v) is 1.72. The number of carbonyl (C=O) groups is 1. The Morgan fingerprint density at radius 1 is 1.25 bits per heavy atom. The standard InChI is InChI=1S/C15H24N2O2.ClH/c1-11(2)8-9-17-10-12(3)19-15(18)13-4-6-14(16)7-5-13;/h4-7,11-12,17H,8-10,16H2,1-3H3;1H. The fourth-order valence-electron chi connectivity index (χ4n) is 1.72. The quantitative estimate of drug-likeness (QED) is 0.363. The number of anilines is 1. The summed E-state index contributed by atoms with van der Waals surface area (Å²) in [5, 5.41) is 2.20. The number of nitrogen functional groups attached to an aromatic ring is 1. The van der Waals surface area contributed by atoms with Crippen LogP contribution in [-0.4, -0.2) is 25.2 Å². The summed E-state index contributed by atoms with van der Waals surface area (Å²) in [6.45, 7) is 8.20. The molecule has 0 saturated heterocycles. The molecule has 0 aromatic heterocycles. The summed E-state index contributed by atoms with van der Waals surface area (Å²) in [7, 11) is 0. The van der Waals surface area contributed by atoms with Crippen LogP contribution in [-0.2, 0) is 4.74 Å². The van der Waals surface area contributed by atoms with Gasteiger partial charge in [-0.1, -0.05) is 13.8 Å². The molecular weight excluding hydrogens is 276 g/mol. The van der Waals surface area contributed by atoms with Crippen LogP contribution in [0.4, 0.5) is 5.69 Å². The maximum atomic E-state index is 11.8. The summed E-state index contributed by atoms with van der Waals surface area (Å²) >= 11 is 0. The number of rotatable bonds is 7. The molecule has 0 radical (unpaired) electrons. The molecule has 1 aromatic carbocycles. The van der Waals surface area contributed by atoms with Gasteiger partial charge in [0.15, 0.2) is 0 Å². The summed E-state index contributed by atoms with van der Waals surface area (Å²) in [6.07, 6.45) is 1.09. The number of esters is 1. The van der Waals surface area contributed by atoms with Gasteiger partial charge >= 0.3 is 5.97 Å². The number of benzene rings is 1. The molecule has 114 valence electrons. The number of halogens is 1. The van der Waals surface area contributed by atoms with Crippen molar-refractivity contribution in [2.24, 2.45) is 5.92 Å². The van der Waals surface area contributed by atoms with E-state index in [4.69, 9.17) is 10.5 Å². The number of ether oxygens (including phenoxy) is 1. The molecule has 0 saturated carbocycles. The minimum Gasteiger partial charge on any atom is -1.00 e. The molecule has 1 unspecified atom stereocenters. The molecule has 20 heavy (non-hydrogen) atoms. The highest BCUT2D eigenvalue weighted by Gasteiger charge is 2.13. The molecule has 1 aromatic rings. The number of carbonyl (C=O) groups excluding carboxylic acids is 1. The van der Waals surface area contributed by atoms with Gasteiger partial charge in [-0.25, -0.2) is 4.79 Å². The molecule has 0 amide bonds. The smallest absolute Gasteiger partial charge is 0.338 e. The molecule has 0 aliphatic carbocycles. The van der Waals surface area contributed by atoms with Crippen LogP contribution < -0.4 is 23.5 Å². The Kier molecular flexibility index (Phi) is 9.01. The van der Waals surface area contributed by atoms with Crippen LogP contribution in [0.25, 0.3) is 0 Å². The van der Waals surface area contributed by atoms with Crippen molar-refractivity contribution in [3.05, 3.63) is 29.8 Å². The van der Waals surface area contributed by atoms with E-state index in [0.717, 1.165) is 13.1 Å². The molecule has 0 spiro atoms. The van der Waals surface area contributed by atoms with E-state index in [9.17, 15) is 4.79 Å². The molecule has 0 fully saturated rings. The zero-order chi connectivity index (χ0) is 14.3. The predicted octanol–water partition coefficient (Wildman–Crippen LogP) is -1.57. The highest BCUT2D eigenvalue weighted by Crippen LogP contribution is 2.07. The average Bonchev–Trinajstić information content (AvgIpc) is 2.35. The van der Waals surface area contributed by atoms with Gasteiger partial charge < -0.3 is 28.2 Å². The van der Waals surface area contributed by atoms with Gasteiger partial charge in [0.05, 0.1) is 12.1 Å². The van der Waals surface area contributed by atoms with Crippen molar-refractivity contribution >= 4 is 11.7 Å². The van der Waals surface area contributed by atoms with Crippen molar-refractivity contribution < 1.29 is 27.3 Å². The first-order chi connectivity index (χ1) is 8.99. The second kappa shape index (κ2) is 9.61. The first kappa shape index (κ1) is 18.7. The Balaban J connectivity index is 0.00000361. The van der Waals surface area contributed by atoms with Crippen molar-refractivity contribution in [3.63, 3.8) is 0 Å². The zero-order valence-corrected chi connectivity index (χ0v) is 13.2. The molecule has 0 bridgehead atoms. The molecule has 4 nitrogen and oxygen atoms in total. The van der Waals surface area contributed by atoms with E-state index in [1.807, 2.05) is 6.92 Å². The second-order valence-electron chi connectivity index (χ2n) is 5.33. The Morgan fingerprint density at radius 2 is 1.85 bits per heavy atom. The van der Waals surface area contributed by atoms with Gasteiger partial charge in [0.2, 0.25) is 0 Å².